The quantitative estimate of drug-likeness (QED) is 0.510. The summed E-state index contributed by atoms with van der Waals surface area (Å²) < 4.78 is 11.3. The van der Waals surface area contributed by atoms with Crippen molar-refractivity contribution < 1.29 is 14.3 Å². The Morgan fingerprint density at radius 2 is 1.79 bits per heavy atom. The number of methoxy groups -OCH3 is 1. The van der Waals surface area contributed by atoms with Gasteiger partial charge in [0.2, 0.25) is 0 Å². The van der Waals surface area contributed by atoms with E-state index >= 15 is 0 Å². The average molecular weight is 384 g/mol. The number of amides is 1. The van der Waals surface area contributed by atoms with E-state index in [9.17, 15) is 4.79 Å². The fourth-order valence-corrected chi connectivity index (χ4v) is 3.05. The largest absolute Gasteiger partial charge is 0.493 e. The van der Waals surface area contributed by atoms with Crippen molar-refractivity contribution in [3.05, 3.63) is 96.2 Å². The number of para-hydroxylation sites is 2. The molecule has 5 heteroatoms. The molecule has 0 aliphatic carbocycles. The summed E-state index contributed by atoms with van der Waals surface area (Å²) in [5.74, 6) is 1.85. The Bertz CT molecular complexity index is 1160. The van der Waals surface area contributed by atoms with E-state index in [-0.39, 0.29) is 5.91 Å². The van der Waals surface area contributed by atoms with E-state index in [2.05, 4.69) is 10.3 Å². The lowest BCUT2D eigenvalue weighted by Crippen LogP contribution is -2.22. The molecule has 5 nitrogen and oxygen atoms in total. The van der Waals surface area contributed by atoms with Gasteiger partial charge in [-0.3, -0.25) is 9.78 Å². The van der Waals surface area contributed by atoms with Gasteiger partial charge in [-0.1, -0.05) is 30.3 Å². The van der Waals surface area contributed by atoms with Crippen molar-refractivity contribution in [2.45, 2.75) is 6.54 Å². The molecule has 4 rings (SSSR count). The normalized spacial score (nSPS) is 10.5. The van der Waals surface area contributed by atoms with E-state index in [1.165, 1.54) is 0 Å². The number of pyridine rings is 1. The Labute approximate surface area is 168 Å². The van der Waals surface area contributed by atoms with Crippen molar-refractivity contribution in [3.63, 3.8) is 0 Å². The summed E-state index contributed by atoms with van der Waals surface area (Å²) in [6, 6.07) is 24.4. The number of ether oxygens (including phenoxy) is 2. The SMILES string of the molecule is COc1ccccc1Oc1cccc(CNC(=O)c2ccc3ncccc3c2)c1. The molecule has 1 amide bonds. The van der Waals surface area contributed by atoms with Crippen molar-refractivity contribution in [3.8, 4) is 17.2 Å². The highest BCUT2D eigenvalue weighted by molar-refractivity contribution is 5.97. The molecule has 1 aromatic heterocycles. The zero-order valence-electron chi connectivity index (χ0n) is 16.0. The zero-order chi connectivity index (χ0) is 20.1. The second-order valence-electron chi connectivity index (χ2n) is 6.49. The van der Waals surface area contributed by atoms with Crippen LogP contribution in [0, 0.1) is 0 Å². The molecule has 4 aromatic rings. The van der Waals surface area contributed by atoms with Crippen LogP contribution in [0.15, 0.2) is 85.1 Å². The standard InChI is InChI=1S/C24H20N2O3/c1-28-22-9-2-3-10-23(22)29-20-8-4-6-17(14-20)16-26-24(27)19-11-12-21-18(15-19)7-5-13-25-21/h2-15H,16H2,1H3,(H,26,27). The first-order valence-electron chi connectivity index (χ1n) is 9.26. The summed E-state index contributed by atoms with van der Waals surface area (Å²) in [7, 11) is 1.61. The molecule has 0 unspecified atom stereocenters. The number of hydrogen-bond donors (Lipinski definition) is 1. The van der Waals surface area contributed by atoms with Gasteiger partial charge in [0.15, 0.2) is 11.5 Å². The Morgan fingerprint density at radius 3 is 2.66 bits per heavy atom. The molecule has 1 heterocycles. The number of aromatic nitrogens is 1. The van der Waals surface area contributed by atoms with Gasteiger partial charge in [-0.05, 0) is 54.1 Å². The van der Waals surface area contributed by atoms with Gasteiger partial charge in [0, 0.05) is 23.7 Å². The van der Waals surface area contributed by atoms with Crippen LogP contribution in [0.3, 0.4) is 0 Å². The maximum absolute atomic E-state index is 12.5. The third-order valence-electron chi connectivity index (χ3n) is 4.51. The van der Waals surface area contributed by atoms with Crippen LogP contribution in [0.4, 0.5) is 0 Å². The fraction of sp³-hybridized carbons (Fsp3) is 0.0833. The van der Waals surface area contributed by atoms with Crippen LogP contribution in [0.5, 0.6) is 17.2 Å². The number of carbonyl (C=O) groups excluding carboxylic acids is 1. The number of rotatable bonds is 6. The van der Waals surface area contributed by atoms with Crippen LogP contribution in [0.25, 0.3) is 10.9 Å². The molecule has 144 valence electrons. The molecule has 0 saturated heterocycles. The van der Waals surface area contributed by atoms with Crippen molar-refractivity contribution in [2.75, 3.05) is 7.11 Å². The second-order valence-corrected chi connectivity index (χ2v) is 6.49. The first-order valence-corrected chi connectivity index (χ1v) is 9.26. The number of fused-ring (bicyclic) bond motifs is 1. The highest BCUT2D eigenvalue weighted by atomic mass is 16.5. The number of hydrogen-bond acceptors (Lipinski definition) is 4. The molecule has 0 spiro atoms. The van der Waals surface area contributed by atoms with Crippen LogP contribution >= 0.6 is 0 Å². The Hall–Kier alpha value is -3.86. The van der Waals surface area contributed by atoms with Gasteiger partial charge in [-0.2, -0.15) is 0 Å². The van der Waals surface area contributed by atoms with E-state index in [4.69, 9.17) is 9.47 Å². The second kappa shape index (κ2) is 8.44. The van der Waals surface area contributed by atoms with Crippen LogP contribution in [0.1, 0.15) is 15.9 Å². The minimum absolute atomic E-state index is 0.133. The van der Waals surface area contributed by atoms with Crippen molar-refractivity contribution in [1.82, 2.24) is 10.3 Å². The van der Waals surface area contributed by atoms with E-state index in [0.717, 1.165) is 16.5 Å². The highest BCUT2D eigenvalue weighted by Crippen LogP contribution is 2.31. The summed E-state index contributed by atoms with van der Waals surface area (Å²) in [6.07, 6.45) is 1.74. The van der Waals surface area contributed by atoms with Gasteiger partial charge in [0.05, 0.1) is 12.6 Å². The number of benzene rings is 3. The Kier molecular flexibility index (Phi) is 5.38. The summed E-state index contributed by atoms with van der Waals surface area (Å²) in [6.45, 7) is 0.396. The van der Waals surface area contributed by atoms with Gasteiger partial charge in [-0.15, -0.1) is 0 Å². The smallest absolute Gasteiger partial charge is 0.251 e. The van der Waals surface area contributed by atoms with Gasteiger partial charge in [0.1, 0.15) is 5.75 Å². The molecule has 0 aliphatic rings. The predicted octanol–water partition coefficient (Wildman–Crippen LogP) is 4.97. The maximum Gasteiger partial charge on any atom is 0.251 e. The molecular formula is C24H20N2O3. The van der Waals surface area contributed by atoms with E-state index < -0.39 is 0 Å². The predicted molar refractivity (Wildman–Crippen MR) is 112 cm³/mol. The molecule has 0 aliphatic heterocycles. The van der Waals surface area contributed by atoms with Crippen molar-refractivity contribution >= 4 is 16.8 Å². The van der Waals surface area contributed by atoms with Crippen LogP contribution in [0.2, 0.25) is 0 Å². The topological polar surface area (TPSA) is 60.5 Å². The summed E-state index contributed by atoms with van der Waals surface area (Å²) in [4.78, 5) is 16.8. The minimum atomic E-state index is -0.133. The van der Waals surface area contributed by atoms with E-state index in [0.29, 0.717) is 29.4 Å². The molecule has 0 saturated carbocycles. The maximum atomic E-state index is 12.5. The molecule has 0 bridgehead atoms. The third-order valence-corrected chi connectivity index (χ3v) is 4.51. The summed E-state index contributed by atoms with van der Waals surface area (Å²) >= 11 is 0. The lowest BCUT2D eigenvalue weighted by Gasteiger charge is -2.11. The molecular weight excluding hydrogens is 364 g/mol. The Balaban J connectivity index is 1.44. The fourth-order valence-electron chi connectivity index (χ4n) is 3.05. The third kappa shape index (κ3) is 4.35. The van der Waals surface area contributed by atoms with E-state index in [1.807, 2.05) is 72.8 Å². The summed E-state index contributed by atoms with van der Waals surface area (Å²) in [5.41, 5.74) is 2.41. The van der Waals surface area contributed by atoms with Gasteiger partial charge >= 0.3 is 0 Å². The van der Waals surface area contributed by atoms with Crippen molar-refractivity contribution in [1.29, 1.82) is 0 Å². The first-order chi connectivity index (χ1) is 14.2. The molecule has 1 N–H and O–H groups in total. The van der Waals surface area contributed by atoms with Crippen LogP contribution in [-0.2, 0) is 6.54 Å². The Morgan fingerprint density at radius 1 is 0.931 bits per heavy atom. The first kappa shape index (κ1) is 18.5. The number of carbonyl (C=O) groups is 1. The van der Waals surface area contributed by atoms with Gasteiger partial charge < -0.3 is 14.8 Å². The average Bonchev–Trinajstić information content (AvgIpc) is 2.78. The summed E-state index contributed by atoms with van der Waals surface area (Å²) in [5, 5.41) is 3.89. The number of nitrogens with zero attached hydrogens (tertiary/aromatic N) is 1. The highest BCUT2D eigenvalue weighted by Gasteiger charge is 2.08. The van der Waals surface area contributed by atoms with Crippen molar-refractivity contribution in [2.24, 2.45) is 0 Å². The molecule has 0 fully saturated rings. The van der Waals surface area contributed by atoms with Gasteiger partial charge in [0.25, 0.3) is 5.91 Å². The monoisotopic (exact) mass is 384 g/mol. The van der Waals surface area contributed by atoms with Crippen LogP contribution in [-0.4, -0.2) is 18.0 Å². The molecule has 29 heavy (non-hydrogen) atoms. The van der Waals surface area contributed by atoms with E-state index in [1.54, 1.807) is 19.4 Å². The molecule has 0 radical (unpaired) electrons. The molecule has 3 aromatic carbocycles. The lowest BCUT2D eigenvalue weighted by atomic mass is 10.1. The van der Waals surface area contributed by atoms with Gasteiger partial charge in [-0.25, -0.2) is 0 Å². The molecule has 0 atom stereocenters. The number of nitrogens with one attached hydrogen (secondary N) is 1. The van der Waals surface area contributed by atoms with Crippen LogP contribution < -0.4 is 14.8 Å². The zero-order valence-corrected chi connectivity index (χ0v) is 16.0. The lowest BCUT2D eigenvalue weighted by molar-refractivity contribution is 0.0951. The minimum Gasteiger partial charge on any atom is -0.493 e.